The first kappa shape index (κ1) is 12.7. The molecule has 0 unspecified atom stereocenters. The van der Waals surface area contributed by atoms with E-state index < -0.39 is 0 Å². The van der Waals surface area contributed by atoms with Crippen LogP contribution in [0.5, 0.6) is 5.75 Å². The monoisotopic (exact) mass is 276 g/mol. The van der Waals surface area contributed by atoms with Crippen LogP contribution in [0.2, 0.25) is 5.02 Å². The molecule has 2 aromatic rings. The van der Waals surface area contributed by atoms with E-state index in [0.717, 1.165) is 42.2 Å². The summed E-state index contributed by atoms with van der Waals surface area (Å²) in [5, 5.41) is 2.78. The van der Waals surface area contributed by atoms with Crippen molar-refractivity contribution in [2.24, 2.45) is 5.73 Å². The summed E-state index contributed by atoms with van der Waals surface area (Å²) in [4.78, 5) is 4.09. The van der Waals surface area contributed by atoms with Gasteiger partial charge in [-0.2, -0.15) is 0 Å². The van der Waals surface area contributed by atoms with Gasteiger partial charge in [0.15, 0.2) is 0 Å². The molecule has 0 saturated heterocycles. The van der Waals surface area contributed by atoms with E-state index in [1.807, 2.05) is 24.4 Å². The van der Waals surface area contributed by atoms with Crippen molar-refractivity contribution >= 4 is 22.4 Å². The minimum Gasteiger partial charge on any atom is -0.489 e. The number of halogens is 1. The molecule has 1 saturated carbocycles. The summed E-state index contributed by atoms with van der Waals surface area (Å²) in [5.74, 6) is 0.765. The van der Waals surface area contributed by atoms with Gasteiger partial charge >= 0.3 is 0 Å². The van der Waals surface area contributed by atoms with Gasteiger partial charge in [0.2, 0.25) is 0 Å². The number of pyridine rings is 1. The summed E-state index contributed by atoms with van der Waals surface area (Å²) in [5.41, 5.74) is 5.91. The predicted molar refractivity (Wildman–Crippen MR) is 77.6 cm³/mol. The van der Waals surface area contributed by atoms with Crippen molar-refractivity contribution in [3.8, 4) is 5.75 Å². The molecule has 0 bridgehead atoms. The van der Waals surface area contributed by atoms with Crippen LogP contribution in [-0.4, -0.2) is 17.1 Å². The van der Waals surface area contributed by atoms with E-state index in [0.29, 0.717) is 11.1 Å². The Balaban J connectivity index is 1.82. The van der Waals surface area contributed by atoms with Gasteiger partial charge in [0.05, 0.1) is 11.1 Å². The molecule has 4 heteroatoms. The van der Waals surface area contributed by atoms with Gasteiger partial charge < -0.3 is 10.5 Å². The zero-order valence-electron chi connectivity index (χ0n) is 10.7. The second-order valence-electron chi connectivity index (χ2n) is 5.16. The van der Waals surface area contributed by atoms with Crippen LogP contribution >= 0.6 is 11.6 Å². The highest BCUT2D eigenvalue weighted by molar-refractivity contribution is 6.32. The van der Waals surface area contributed by atoms with Crippen LogP contribution < -0.4 is 10.5 Å². The maximum Gasteiger partial charge on any atom is 0.138 e. The Morgan fingerprint density at radius 1 is 1.16 bits per heavy atom. The van der Waals surface area contributed by atoms with E-state index in [9.17, 15) is 0 Å². The fourth-order valence-corrected chi connectivity index (χ4v) is 2.78. The van der Waals surface area contributed by atoms with Gasteiger partial charge in [-0.25, -0.2) is 0 Å². The highest BCUT2D eigenvalue weighted by atomic mass is 35.5. The number of nitrogens with two attached hydrogens (primary N) is 1. The highest BCUT2D eigenvalue weighted by Crippen LogP contribution is 2.32. The molecule has 1 aliphatic rings. The minimum absolute atomic E-state index is 0.233. The first-order chi connectivity index (χ1) is 9.22. The second kappa shape index (κ2) is 5.35. The topological polar surface area (TPSA) is 48.1 Å². The number of rotatable bonds is 2. The number of nitrogens with zero attached hydrogens (tertiary/aromatic N) is 1. The lowest BCUT2D eigenvalue weighted by molar-refractivity contribution is 0.147. The number of fused-ring (bicyclic) bond motifs is 1. The van der Waals surface area contributed by atoms with E-state index in [4.69, 9.17) is 22.1 Å². The quantitative estimate of drug-likeness (QED) is 0.913. The highest BCUT2D eigenvalue weighted by Gasteiger charge is 2.20. The fraction of sp³-hybridized carbons (Fsp3) is 0.400. The van der Waals surface area contributed by atoms with Crippen LogP contribution in [0.15, 0.2) is 30.6 Å². The van der Waals surface area contributed by atoms with E-state index in [1.165, 1.54) is 0 Å². The standard InChI is InChI=1S/C15H17ClN2O/c16-14-7-11-9-18-6-5-10(11)8-15(14)19-13-3-1-12(17)2-4-13/h5-9,12-13H,1-4,17H2/t12-,13+. The maximum absolute atomic E-state index is 6.27. The second-order valence-corrected chi connectivity index (χ2v) is 5.57. The van der Waals surface area contributed by atoms with Crippen molar-refractivity contribution in [3.05, 3.63) is 35.6 Å². The van der Waals surface area contributed by atoms with Crippen molar-refractivity contribution in [1.29, 1.82) is 0 Å². The van der Waals surface area contributed by atoms with E-state index in [2.05, 4.69) is 4.98 Å². The molecule has 1 aliphatic carbocycles. The van der Waals surface area contributed by atoms with Crippen molar-refractivity contribution in [3.63, 3.8) is 0 Å². The largest absolute Gasteiger partial charge is 0.489 e. The Bertz CT molecular complexity index is 579. The van der Waals surface area contributed by atoms with Gasteiger partial charge in [-0.1, -0.05) is 11.6 Å². The molecule has 100 valence electrons. The van der Waals surface area contributed by atoms with Gasteiger partial charge in [0.1, 0.15) is 5.75 Å². The first-order valence-electron chi connectivity index (χ1n) is 6.68. The zero-order chi connectivity index (χ0) is 13.2. The Hall–Kier alpha value is -1.32. The number of hydrogen-bond donors (Lipinski definition) is 1. The molecule has 2 N–H and O–H groups in total. The van der Waals surface area contributed by atoms with Gasteiger partial charge in [-0.05, 0) is 49.3 Å². The molecule has 1 heterocycles. The maximum atomic E-state index is 6.27. The summed E-state index contributed by atoms with van der Waals surface area (Å²) in [6.45, 7) is 0. The molecule has 0 spiro atoms. The molecule has 0 atom stereocenters. The third-order valence-electron chi connectivity index (χ3n) is 3.70. The van der Waals surface area contributed by atoms with Crippen molar-refractivity contribution < 1.29 is 4.74 Å². The molecule has 0 aliphatic heterocycles. The summed E-state index contributed by atoms with van der Waals surface area (Å²) in [6, 6.07) is 6.20. The lowest BCUT2D eigenvalue weighted by Crippen LogP contribution is -2.31. The Morgan fingerprint density at radius 2 is 1.95 bits per heavy atom. The van der Waals surface area contributed by atoms with Gasteiger partial charge in [-0.15, -0.1) is 0 Å². The number of aromatic nitrogens is 1. The molecule has 0 amide bonds. The van der Waals surface area contributed by atoms with Crippen LogP contribution in [-0.2, 0) is 0 Å². The van der Waals surface area contributed by atoms with Crippen LogP contribution in [0.25, 0.3) is 10.8 Å². The third-order valence-corrected chi connectivity index (χ3v) is 4.00. The molecule has 19 heavy (non-hydrogen) atoms. The Morgan fingerprint density at radius 3 is 2.74 bits per heavy atom. The van der Waals surface area contributed by atoms with Gasteiger partial charge in [0, 0.05) is 23.8 Å². The minimum atomic E-state index is 0.233. The lowest BCUT2D eigenvalue weighted by atomic mass is 9.94. The number of benzene rings is 1. The van der Waals surface area contributed by atoms with Crippen LogP contribution in [0.4, 0.5) is 0 Å². The number of ether oxygens (including phenoxy) is 1. The molecule has 3 rings (SSSR count). The van der Waals surface area contributed by atoms with Crippen LogP contribution in [0, 0.1) is 0 Å². The summed E-state index contributed by atoms with van der Waals surface area (Å²) in [7, 11) is 0. The SMILES string of the molecule is N[C@H]1CC[C@@H](Oc2cc3ccncc3cc2Cl)CC1. The molecule has 0 radical (unpaired) electrons. The Labute approximate surface area is 117 Å². The van der Waals surface area contributed by atoms with E-state index in [1.54, 1.807) is 6.20 Å². The van der Waals surface area contributed by atoms with Gasteiger partial charge in [0.25, 0.3) is 0 Å². The lowest BCUT2D eigenvalue weighted by Gasteiger charge is -2.27. The molecule has 1 aromatic heterocycles. The average Bonchev–Trinajstić information content (AvgIpc) is 2.42. The van der Waals surface area contributed by atoms with Gasteiger partial charge in [-0.3, -0.25) is 4.98 Å². The molecular formula is C15H17ClN2O. The third kappa shape index (κ3) is 2.82. The smallest absolute Gasteiger partial charge is 0.138 e. The van der Waals surface area contributed by atoms with E-state index in [-0.39, 0.29) is 6.10 Å². The van der Waals surface area contributed by atoms with Crippen molar-refractivity contribution in [2.45, 2.75) is 37.8 Å². The van der Waals surface area contributed by atoms with Crippen LogP contribution in [0.1, 0.15) is 25.7 Å². The number of hydrogen-bond acceptors (Lipinski definition) is 3. The normalized spacial score (nSPS) is 23.5. The summed E-state index contributed by atoms with van der Waals surface area (Å²) < 4.78 is 6.03. The van der Waals surface area contributed by atoms with Crippen molar-refractivity contribution in [2.75, 3.05) is 0 Å². The average molecular weight is 277 g/mol. The summed E-state index contributed by atoms with van der Waals surface area (Å²) >= 11 is 6.27. The zero-order valence-corrected chi connectivity index (χ0v) is 11.4. The first-order valence-corrected chi connectivity index (χ1v) is 7.05. The predicted octanol–water partition coefficient (Wildman–Crippen LogP) is 3.54. The molecule has 1 aromatic carbocycles. The van der Waals surface area contributed by atoms with Crippen LogP contribution in [0.3, 0.4) is 0 Å². The van der Waals surface area contributed by atoms with Crippen molar-refractivity contribution in [1.82, 2.24) is 4.98 Å². The summed E-state index contributed by atoms with van der Waals surface area (Å²) in [6.07, 6.45) is 7.89. The Kier molecular flexibility index (Phi) is 3.58. The molecule has 3 nitrogen and oxygen atoms in total. The molecule has 1 fully saturated rings. The van der Waals surface area contributed by atoms with E-state index >= 15 is 0 Å². The molecular weight excluding hydrogens is 260 g/mol. The fourth-order valence-electron chi connectivity index (χ4n) is 2.56.